The van der Waals surface area contributed by atoms with E-state index in [1.165, 1.54) is 0 Å². The zero-order valence-corrected chi connectivity index (χ0v) is 7.63. The van der Waals surface area contributed by atoms with Gasteiger partial charge >= 0.3 is 5.97 Å². The number of carbonyl (C=O) groups is 1. The molecule has 9 heavy (non-hydrogen) atoms. The Balaban J connectivity index is 0. The van der Waals surface area contributed by atoms with E-state index in [9.17, 15) is 4.79 Å². The van der Waals surface area contributed by atoms with Crippen molar-refractivity contribution in [2.75, 3.05) is 6.61 Å². The van der Waals surface area contributed by atoms with Crippen LogP contribution in [-0.4, -0.2) is 52.3 Å². The molecule has 0 aliphatic heterocycles. The molecule has 0 fully saturated rings. The van der Waals surface area contributed by atoms with Gasteiger partial charge in [0.05, 0.1) is 0 Å². The molecule has 0 bridgehead atoms. The van der Waals surface area contributed by atoms with Gasteiger partial charge in [-0.2, -0.15) is 0 Å². The molecule has 4 heteroatoms. The predicted molar refractivity (Wildman–Crippen MR) is 34.3 cm³/mol. The van der Waals surface area contributed by atoms with Gasteiger partial charge in [0.1, 0.15) is 0 Å². The SMILES string of the molecule is O=C(O)CCCCO.[Na]. The minimum Gasteiger partial charge on any atom is -0.481 e. The molecule has 1 radical (unpaired) electrons. The minimum atomic E-state index is -0.793. The standard InChI is InChI=1S/C5H10O3.Na/c6-4-2-1-3-5(7)8;/h6H,1-4H2,(H,7,8);. The number of hydrogen-bond acceptors (Lipinski definition) is 2. The van der Waals surface area contributed by atoms with Crippen LogP contribution in [0.4, 0.5) is 0 Å². The van der Waals surface area contributed by atoms with Crippen LogP contribution in [0.3, 0.4) is 0 Å². The Hall–Kier alpha value is 0.430. The second-order valence-corrected chi connectivity index (χ2v) is 1.57. The van der Waals surface area contributed by atoms with Gasteiger partial charge in [-0.1, -0.05) is 0 Å². The minimum absolute atomic E-state index is 0. The van der Waals surface area contributed by atoms with Gasteiger partial charge in [0.25, 0.3) is 0 Å². The molecule has 0 spiro atoms. The normalized spacial score (nSPS) is 8.11. The van der Waals surface area contributed by atoms with Crippen LogP contribution < -0.4 is 0 Å². The molecule has 0 rings (SSSR count). The fourth-order valence-corrected chi connectivity index (χ4v) is 0.388. The zero-order chi connectivity index (χ0) is 6.41. The topological polar surface area (TPSA) is 57.5 Å². The summed E-state index contributed by atoms with van der Waals surface area (Å²) in [5, 5.41) is 16.2. The van der Waals surface area contributed by atoms with Gasteiger partial charge < -0.3 is 10.2 Å². The van der Waals surface area contributed by atoms with E-state index in [0.717, 1.165) is 0 Å². The van der Waals surface area contributed by atoms with E-state index in [-0.39, 0.29) is 42.6 Å². The summed E-state index contributed by atoms with van der Waals surface area (Å²) in [6.07, 6.45) is 1.33. The van der Waals surface area contributed by atoms with Crippen LogP contribution in [-0.2, 0) is 4.79 Å². The van der Waals surface area contributed by atoms with Gasteiger partial charge in [-0.3, -0.25) is 4.79 Å². The van der Waals surface area contributed by atoms with Crippen molar-refractivity contribution in [2.24, 2.45) is 0 Å². The van der Waals surface area contributed by atoms with Crippen LogP contribution in [0, 0.1) is 0 Å². The number of aliphatic carboxylic acids is 1. The smallest absolute Gasteiger partial charge is 0.303 e. The zero-order valence-electron chi connectivity index (χ0n) is 5.63. The van der Waals surface area contributed by atoms with Gasteiger partial charge in [0.15, 0.2) is 0 Å². The third kappa shape index (κ3) is 11.8. The van der Waals surface area contributed by atoms with E-state index >= 15 is 0 Å². The van der Waals surface area contributed by atoms with Crippen molar-refractivity contribution in [1.29, 1.82) is 0 Å². The summed E-state index contributed by atoms with van der Waals surface area (Å²) in [7, 11) is 0. The van der Waals surface area contributed by atoms with Crippen molar-refractivity contribution in [3.8, 4) is 0 Å². The molecule has 2 N–H and O–H groups in total. The van der Waals surface area contributed by atoms with Gasteiger partial charge in [0, 0.05) is 42.6 Å². The van der Waals surface area contributed by atoms with Crippen molar-refractivity contribution in [2.45, 2.75) is 19.3 Å². The van der Waals surface area contributed by atoms with Crippen molar-refractivity contribution < 1.29 is 15.0 Å². The number of aliphatic hydroxyl groups is 1. The van der Waals surface area contributed by atoms with Crippen molar-refractivity contribution in [3.63, 3.8) is 0 Å². The first kappa shape index (κ1) is 12.1. The molecule has 0 aromatic carbocycles. The number of carboxylic acids is 1. The number of unbranched alkanes of at least 4 members (excludes halogenated alkanes) is 1. The molecule has 0 saturated carbocycles. The Bertz CT molecular complexity index is 74.6. The second kappa shape index (κ2) is 8.43. The van der Waals surface area contributed by atoms with Gasteiger partial charge in [-0.05, 0) is 12.8 Å². The van der Waals surface area contributed by atoms with E-state index in [2.05, 4.69) is 0 Å². The summed E-state index contributed by atoms with van der Waals surface area (Å²) in [4.78, 5) is 9.79. The quantitative estimate of drug-likeness (QED) is 0.423. The number of aliphatic hydroxyl groups excluding tert-OH is 1. The van der Waals surface area contributed by atoms with E-state index in [1.807, 2.05) is 0 Å². The van der Waals surface area contributed by atoms with Crippen LogP contribution in [0.1, 0.15) is 19.3 Å². The summed E-state index contributed by atoms with van der Waals surface area (Å²) in [5.74, 6) is -0.793. The number of hydrogen-bond donors (Lipinski definition) is 2. The summed E-state index contributed by atoms with van der Waals surface area (Å²) in [5.41, 5.74) is 0. The largest absolute Gasteiger partial charge is 0.481 e. The first-order chi connectivity index (χ1) is 3.77. The van der Waals surface area contributed by atoms with Crippen LogP contribution in [0.2, 0.25) is 0 Å². The molecule has 0 aliphatic carbocycles. The van der Waals surface area contributed by atoms with E-state index in [4.69, 9.17) is 10.2 Å². The molecule has 49 valence electrons. The van der Waals surface area contributed by atoms with E-state index in [0.29, 0.717) is 12.8 Å². The average molecular weight is 141 g/mol. The Labute approximate surface area is 76.4 Å². The fourth-order valence-electron chi connectivity index (χ4n) is 0.388. The van der Waals surface area contributed by atoms with Crippen LogP contribution >= 0.6 is 0 Å². The summed E-state index contributed by atoms with van der Waals surface area (Å²) < 4.78 is 0. The van der Waals surface area contributed by atoms with Gasteiger partial charge in [0.2, 0.25) is 0 Å². The Morgan fingerprint density at radius 2 is 1.89 bits per heavy atom. The molecule has 0 aromatic heterocycles. The summed E-state index contributed by atoms with van der Waals surface area (Å²) in [6.45, 7) is 0.0906. The molecule has 0 atom stereocenters. The molecule has 0 aromatic rings. The first-order valence-corrected chi connectivity index (χ1v) is 2.60. The second-order valence-electron chi connectivity index (χ2n) is 1.57. The van der Waals surface area contributed by atoms with E-state index in [1.54, 1.807) is 0 Å². The van der Waals surface area contributed by atoms with Crippen molar-refractivity contribution >= 4 is 35.5 Å². The van der Waals surface area contributed by atoms with E-state index < -0.39 is 5.97 Å². The third-order valence-corrected chi connectivity index (χ3v) is 0.799. The average Bonchev–Trinajstić information content (AvgIpc) is 1.66. The maximum Gasteiger partial charge on any atom is 0.303 e. The van der Waals surface area contributed by atoms with Crippen molar-refractivity contribution in [3.05, 3.63) is 0 Å². The van der Waals surface area contributed by atoms with Crippen LogP contribution in [0.5, 0.6) is 0 Å². The molecule has 3 nitrogen and oxygen atoms in total. The first-order valence-electron chi connectivity index (χ1n) is 2.60. The molecular formula is C5H10NaO3. The third-order valence-electron chi connectivity index (χ3n) is 0.799. The molecule has 0 unspecified atom stereocenters. The molecule has 0 aliphatic rings. The maximum absolute atomic E-state index is 9.79. The number of carboxylic acid groups (broad SMARTS) is 1. The van der Waals surface area contributed by atoms with Crippen LogP contribution in [0.15, 0.2) is 0 Å². The Morgan fingerprint density at radius 3 is 2.22 bits per heavy atom. The predicted octanol–water partition coefficient (Wildman–Crippen LogP) is -0.147. The summed E-state index contributed by atoms with van der Waals surface area (Å²) in [6, 6.07) is 0. The summed E-state index contributed by atoms with van der Waals surface area (Å²) >= 11 is 0. The number of rotatable bonds is 4. The molecular weight excluding hydrogens is 131 g/mol. The Kier molecular flexibility index (Phi) is 11.4. The fraction of sp³-hybridized carbons (Fsp3) is 0.800. The maximum atomic E-state index is 9.79. The molecule has 0 heterocycles. The van der Waals surface area contributed by atoms with Gasteiger partial charge in [-0.25, -0.2) is 0 Å². The van der Waals surface area contributed by atoms with Crippen molar-refractivity contribution in [1.82, 2.24) is 0 Å². The van der Waals surface area contributed by atoms with Gasteiger partial charge in [-0.15, -0.1) is 0 Å². The monoisotopic (exact) mass is 141 g/mol. The Morgan fingerprint density at radius 1 is 1.33 bits per heavy atom. The molecule has 0 saturated heterocycles. The molecule has 0 amide bonds. The van der Waals surface area contributed by atoms with Crippen LogP contribution in [0.25, 0.3) is 0 Å².